The number of fused-ring (bicyclic) bond motifs is 2. The molecule has 0 bridgehead atoms. The Kier molecular flexibility index (Phi) is 4.78. The summed E-state index contributed by atoms with van der Waals surface area (Å²) in [5, 5.41) is 0.955. The Balaban J connectivity index is 1.47. The van der Waals surface area contributed by atoms with E-state index >= 15 is 0 Å². The molecule has 5 heteroatoms. The minimum atomic E-state index is 0.0807. The molecule has 2 atom stereocenters. The van der Waals surface area contributed by atoms with Crippen LogP contribution in [-0.2, 0) is 12.8 Å². The number of benzene rings is 1. The van der Waals surface area contributed by atoms with Crippen molar-refractivity contribution in [3.63, 3.8) is 0 Å². The first-order chi connectivity index (χ1) is 14.1. The molecule has 0 saturated carbocycles. The van der Waals surface area contributed by atoms with Gasteiger partial charge < -0.3 is 10.6 Å². The summed E-state index contributed by atoms with van der Waals surface area (Å²) in [4.78, 5) is 21.6. The minimum absolute atomic E-state index is 0.0807. The van der Waals surface area contributed by atoms with E-state index < -0.39 is 0 Å². The zero-order valence-electron chi connectivity index (χ0n) is 16.9. The molecule has 2 N–H and O–H groups in total. The SMILES string of the molecule is CC1CCCN(C(=O)c2sc3nc4c(cc3c2N)CC(c2ccccc2)CC4)C1. The molecule has 2 unspecified atom stereocenters. The number of carbonyl (C=O) groups excluding carboxylic acids is 1. The molecule has 2 aliphatic rings. The lowest BCUT2D eigenvalue weighted by molar-refractivity contribution is 0.0689. The van der Waals surface area contributed by atoms with E-state index in [0.717, 1.165) is 49.0 Å². The molecule has 150 valence electrons. The molecule has 1 fully saturated rings. The summed E-state index contributed by atoms with van der Waals surface area (Å²) in [6, 6.07) is 12.9. The highest BCUT2D eigenvalue weighted by atomic mass is 32.1. The second-order valence-electron chi connectivity index (χ2n) is 8.64. The lowest BCUT2D eigenvalue weighted by Gasteiger charge is -2.30. The normalized spacial score (nSPS) is 21.9. The number of aryl methyl sites for hydroxylation is 1. The Morgan fingerprint density at radius 1 is 1.24 bits per heavy atom. The van der Waals surface area contributed by atoms with Crippen LogP contribution in [0.25, 0.3) is 10.2 Å². The van der Waals surface area contributed by atoms with Crippen molar-refractivity contribution in [2.45, 2.75) is 44.9 Å². The number of anilines is 1. The fourth-order valence-electron chi connectivity index (χ4n) is 4.88. The summed E-state index contributed by atoms with van der Waals surface area (Å²) in [6.45, 7) is 3.88. The van der Waals surface area contributed by atoms with Crippen LogP contribution in [0, 0.1) is 5.92 Å². The number of thiophene rings is 1. The van der Waals surface area contributed by atoms with Crippen LogP contribution in [0.5, 0.6) is 0 Å². The van der Waals surface area contributed by atoms with Gasteiger partial charge in [-0.2, -0.15) is 0 Å². The number of rotatable bonds is 2. The maximum absolute atomic E-state index is 13.1. The molecular weight excluding hydrogens is 378 g/mol. The zero-order valence-corrected chi connectivity index (χ0v) is 17.7. The van der Waals surface area contributed by atoms with Crippen LogP contribution >= 0.6 is 11.3 Å². The number of nitrogens with zero attached hydrogens (tertiary/aromatic N) is 2. The molecular formula is C24H27N3OS. The van der Waals surface area contributed by atoms with Gasteiger partial charge in [-0.1, -0.05) is 37.3 Å². The van der Waals surface area contributed by atoms with Crippen molar-refractivity contribution in [1.29, 1.82) is 0 Å². The zero-order chi connectivity index (χ0) is 20.0. The summed E-state index contributed by atoms with van der Waals surface area (Å²) in [6.07, 6.45) is 5.36. The van der Waals surface area contributed by atoms with Gasteiger partial charge in [-0.3, -0.25) is 4.79 Å². The fraction of sp³-hybridized carbons (Fsp3) is 0.417. The number of nitrogens with two attached hydrogens (primary N) is 1. The van der Waals surface area contributed by atoms with E-state index in [-0.39, 0.29) is 5.91 Å². The van der Waals surface area contributed by atoms with Crippen LogP contribution in [0.3, 0.4) is 0 Å². The van der Waals surface area contributed by atoms with Crippen molar-refractivity contribution < 1.29 is 4.79 Å². The Labute approximate surface area is 175 Å². The van der Waals surface area contributed by atoms with E-state index in [1.165, 1.54) is 34.6 Å². The van der Waals surface area contributed by atoms with Crippen LogP contribution in [0.15, 0.2) is 36.4 Å². The van der Waals surface area contributed by atoms with Crippen molar-refractivity contribution >= 4 is 33.1 Å². The van der Waals surface area contributed by atoms with Gasteiger partial charge in [0.1, 0.15) is 9.71 Å². The van der Waals surface area contributed by atoms with E-state index in [1.54, 1.807) is 0 Å². The Hall–Kier alpha value is -2.40. The monoisotopic (exact) mass is 405 g/mol. The average molecular weight is 406 g/mol. The molecule has 1 amide bonds. The molecule has 1 saturated heterocycles. The number of carbonyl (C=O) groups is 1. The maximum atomic E-state index is 13.1. The molecule has 29 heavy (non-hydrogen) atoms. The first-order valence-corrected chi connectivity index (χ1v) is 11.5. The fourth-order valence-corrected chi connectivity index (χ4v) is 5.94. The molecule has 3 heterocycles. The Bertz CT molecular complexity index is 1060. The molecule has 5 rings (SSSR count). The Morgan fingerprint density at radius 2 is 2.07 bits per heavy atom. The van der Waals surface area contributed by atoms with Gasteiger partial charge in [0.2, 0.25) is 0 Å². The third-order valence-corrected chi connectivity index (χ3v) is 7.60. The summed E-state index contributed by atoms with van der Waals surface area (Å²) < 4.78 is 0. The van der Waals surface area contributed by atoms with Crippen molar-refractivity contribution in [2.75, 3.05) is 18.8 Å². The van der Waals surface area contributed by atoms with Gasteiger partial charge in [-0.15, -0.1) is 11.3 Å². The summed E-state index contributed by atoms with van der Waals surface area (Å²) >= 11 is 1.47. The van der Waals surface area contributed by atoms with Crippen LogP contribution < -0.4 is 5.73 Å². The lowest BCUT2D eigenvalue weighted by atomic mass is 9.82. The number of aromatic nitrogens is 1. The third-order valence-electron chi connectivity index (χ3n) is 6.50. The second kappa shape index (κ2) is 7.45. The number of nitrogen functional groups attached to an aromatic ring is 1. The lowest BCUT2D eigenvalue weighted by Crippen LogP contribution is -2.38. The summed E-state index contributed by atoms with van der Waals surface area (Å²) in [7, 11) is 0. The van der Waals surface area contributed by atoms with E-state index in [9.17, 15) is 4.79 Å². The number of pyridine rings is 1. The molecule has 3 aromatic rings. The van der Waals surface area contributed by atoms with Crippen molar-refractivity contribution in [3.8, 4) is 0 Å². The van der Waals surface area contributed by atoms with Crippen LogP contribution in [0.1, 0.15) is 58.6 Å². The van der Waals surface area contributed by atoms with E-state index in [2.05, 4.69) is 43.3 Å². The first kappa shape index (κ1) is 18.6. The smallest absolute Gasteiger partial charge is 0.266 e. The van der Waals surface area contributed by atoms with Crippen LogP contribution in [0.2, 0.25) is 0 Å². The summed E-state index contributed by atoms with van der Waals surface area (Å²) in [5.74, 6) is 1.17. The number of piperidine rings is 1. The Morgan fingerprint density at radius 3 is 2.86 bits per heavy atom. The highest BCUT2D eigenvalue weighted by Crippen LogP contribution is 2.39. The van der Waals surface area contributed by atoms with Gasteiger partial charge >= 0.3 is 0 Å². The number of hydrogen-bond acceptors (Lipinski definition) is 4. The van der Waals surface area contributed by atoms with E-state index in [4.69, 9.17) is 10.7 Å². The summed E-state index contributed by atoms with van der Waals surface area (Å²) in [5.41, 5.74) is 11.0. The molecule has 4 nitrogen and oxygen atoms in total. The van der Waals surface area contributed by atoms with Crippen LogP contribution in [0.4, 0.5) is 5.69 Å². The van der Waals surface area contributed by atoms with E-state index in [1.807, 2.05) is 4.90 Å². The van der Waals surface area contributed by atoms with Crippen molar-refractivity contribution in [3.05, 3.63) is 58.1 Å². The molecule has 2 aromatic heterocycles. The topological polar surface area (TPSA) is 59.2 Å². The molecule has 0 radical (unpaired) electrons. The highest BCUT2D eigenvalue weighted by molar-refractivity contribution is 7.21. The number of amides is 1. The largest absolute Gasteiger partial charge is 0.397 e. The van der Waals surface area contributed by atoms with Crippen LogP contribution in [-0.4, -0.2) is 28.9 Å². The standard InChI is InChI=1S/C24H27N3OS/c1-15-6-5-11-27(14-15)24(28)22-21(25)19-13-18-12-17(16-7-3-2-4-8-16)9-10-20(18)26-23(19)29-22/h2-4,7-8,13,15,17H,5-6,9-12,14,25H2,1H3. The average Bonchev–Trinajstić information content (AvgIpc) is 3.07. The third kappa shape index (κ3) is 3.42. The van der Waals surface area contributed by atoms with Gasteiger partial charge in [0.25, 0.3) is 5.91 Å². The van der Waals surface area contributed by atoms with Crippen molar-refractivity contribution in [2.24, 2.45) is 5.92 Å². The van der Waals surface area contributed by atoms with Gasteiger partial charge in [-0.05, 0) is 61.1 Å². The van der Waals surface area contributed by atoms with Crippen molar-refractivity contribution in [1.82, 2.24) is 9.88 Å². The molecule has 1 aliphatic heterocycles. The predicted octanol–water partition coefficient (Wildman–Crippen LogP) is 5.02. The van der Waals surface area contributed by atoms with Gasteiger partial charge in [0, 0.05) is 24.2 Å². The quantitative estimate of drug-likeness (QED) is 0.651. The maximum Gasteiger partial charge on any atom is 0.266 e. The predicted molar refractivity (Wildman–Crippen MR) is 120 cm³/mol. The number of likely N-dealkylation sites (tertiary alicyclic amines) is 1. The van der Waals surface area contributed by atoms with Gasteiger partial charge in [0.15, 0.2) is 0 Å². The minimum Gasteiger partial charge on any atom is -0.397 e. The van der Waals surface area contributed by atoms with Gasteiger partial charge in [0.05, 0.1) is 5.69 Å². The second-order valence-corrected chi connectivity index (χ2v) is 9.64. The first-order valence-electron chi connectivity index (χ1n) is 10.6. The molecule has 0 spiro atoms. The van der Waals surface area contributed by atoms with E-state index in [0.29, 0.717) is 22.4 Å². The number of hydrogen-bond donors (Lipinski definition) is 1. The molecule has 1 aliphatic carbocycles. The highest BCUT2D eigenvalue weighted by Gasteiger charge is 2.28. The molecule has 1 aromatic carbocycles. The van der Waals surface area contributed by atoms with Gasteiger partial charge in [-0.25, -0.2) is 4.98 Å².